The number of hydrogen-bond acceptors (Lipinski definition) is 4. The first-order chi connectivity index (χ1) is 8.35. The molecule has 2 aliphatic rings. The molecule has 2 heterocycles. The standard InChI is InChI=1S/C13H25N3O2/c1-13(2,3)18-12(17)16-8-7-15-6-5-14(4)9-11(15)10-16/h11H,5-10H2,1-4H3. The number of nitrogens with zero attached hydrogens (tertiary/aromatic N) is 3. The first kappa shape index (κ1) is 13.6. The van der Waals surface area contributed by atoms with Crippen molar-refractivity contribution in [3.63, 3.8) is 0 Å². The third kappa shape index (κ3) is 3.36. The minimum Gasteiger partial charge on any atom is -0.444 e. The number of carbonyl (C=O) groups excluding carboxylic acids is 1. The molecule has 0 N–H and O–H groups in total. The van der Waals surface area contributed by atoms with Crippen LogP contribution in [0.5, 0.6) is 0 Å². The van der Waals surface area contributed by atoms with E-state index in [0.29, 0.717) is 6.04 Å². The number of carbonyl (C=O) groups is 1. The molecule has 0 radical (unpaired) electrons. The third-order valence-corrected chi connectivity index (χ3v) is 3.55. The van der Waals surface area contributed by atoms with Crippen LogP contribution in [0.2, 0.25) is 0 Å². The molecular weight excluding hydrogens is 230 g/mol. The smallest absolute Gasteiger partial charge is 0.410 e. The van der Waals surface area contributed by atoms with Gasteiger partial charge in [-0.2, -0.15) is 0 Å². The number of hydrogen-bond donors (Lipinski definition) is 0. The highest BCUT2D eigenvalue weighted by atomic mass is 16.6. The number of rotatable bonds is 0. The van der Waals surface area contributed by atoms with Crippen LogP contribution in [-0.4, -0.2) is 78.8 Å². The molecule has 0 saturated carbocycles. The van der Waals surface area contributed by atoms with Crippen LogP contribution in [0.1, 0.15) is 20.8 Å². The van der Waals surface area contributed by atoms with Gasteiger partial charge in [0.15, 0.2) is 0 Å². The van der Waals surface area contributed by atoms with E-state index in [-0.39, 0.29) is 6.09 Å². The molecular formula is C13H25N3O2. The van der Waals surface area contributed by atoms with E-state index in [1.54, 1.807) is 0 Å². The number of fused-ring (bicyclic) bond motifs is 1. The number of likely N-dealkylation sites (N-methyl/N-ethyl adjacent to an activating group) is 1. The highest BCUT2D eigenvalue weighted by Gasteiger charge is 2.34. The fourth-order valence-electron chi connectivity index (χ4n) is 2.60. The molecule has 5 nitrogen and oxygen atoms in total. The molecule has 2 fully saturated rings. The summed E-state index contributed by atoms with van der Waals surface area (Å²) in [5.74, 6) is 0. The number of ether oxygens (including phenoxy) is 1. The second kappa shape index (κ2) is 5.05. The van der Waals surface area contributed by atoms with Crippen molar-refractivity contribution in [2.45, 2.75) is 32.4 Å². The van der Waals surface area contributed by atoms with E-state index in [0.717, 1.165) is 39.3 Å². The fourth-order valence-corrected chi connectivity index (χ4v) is 2.60. The zero-order valence-electron chi connectivity index (χ0n) is 12.0. The van der Waals surface area contributed by atoms with Gasteiger partial charge in [0, 0.05) is 45.3 Å². The SMILES string of the molecule is CN1CCN2CCN(C(=O)OC(C)(C)C)CC2C1. The summed E-state index contributed by atoms with van der Waals surface area (Å²) in [7, 11) is 2.14. The lowest BCUT2D eigenvalue weighted by Gasteiger charge is -2.46. The van der Waals surface area contributed by atoms with Crippen molar-refractivity contribution in [1.82, 2.24) is 14.7 Å². The van der Waals surface area contributed by atoms with Gasteiger partial charge in [-0.15, -0.1) is 0 Å². The Morgan fingerprint density at radius 1 is 1.11 bits per heavy atom. The Morgan fingerprint density at radius 3 is 2.44 bits per heavy atom. The van der Waals surface area contributed by atoms with Crippen molar-refractivity contribution in [1.29, 1.82) is 0 Å². The molecule has 0 aromatic carbocycles. The maximum atomic E-state index is 12.0. The van der Waals surface area contributed by atoms with E-state index >= 15 is 0 Å². The zero-order valence-corrected chi connectivity index (χ0v) is 12.0. The number of amides is 1. The van der Waals surface area contributed by atoms with Crippen molar-refractivity contribution in [3.05, 3.63) is 0 Å². The third-order valence-electron chi connectivity index (χ3n) is 3.55. The monoisotopic (exact) mass is 255 g/mol. The molecule has 0 spiro atoms. The van der Waals surface area contributed by atoms with Gasteiger partial charge in [-0.05, 0) is 27.8 Å². The zero-order chi connectivity index (χ0) is 13.3. The molecule has 0 aromatic heterocycles. The number of piperazine rings is 2. The maximum absolute atomic E-state index is 12.0. The summed E-state index contributed by atoms with van der Waals surface area (Å²) in [5, 5.41) is 0. The van der Waals surface area contributed by atoms with E-state index < -0.39 is 5.60 Å². The second-order valence-electron chi connectivity index (χ2n) is 6.38. The maximum Gasteiger partial charge on any atom is 0.410 e. The van der Waals surface area contributed by atoms with Crippen LogP contribution in [0.25, 0.3) is 0 Å². The molecule has 2 aliphatic heterocycles. The molecule has 5 heteroatoms. The van der Waals surface area contributed by atoms with Crippen molar-refractivity contribution in [2.24, 2.45) is 0 Å². The summed E-state index contributed by atoms with van der Waals surface area (Å²) >= 11 is 0. The Hall–Kier alpha value is -0.810. The van der Waals surface area contributed by atoms with Gasteiger partial charge in [0.25, 0.3) is 0 Å². The lowest BCUT2D eigenvalue weighted by Crippen LogP contribution is -2.62. The molecule has 1 amide bonds. The van der Waals surface area contributed by atoms with Gasteiger partial charge in [0.05, 0.1) is 0 Å². The van der Waals surface area contributed by atoms with Crippen LogP contribution in [0.3, 0.4) is 0 Å². The van der Waals surface area contributed by atoms with Gasteiger partial charge in [-0.1, -0.05) is 0 Å². The first-order valence-corrected chi connectivity index (χ1v) is 6.76. The van der Waals surface area contributed by atoms with Crippen LogP contribution in [0.4, 0.5) is 4.79 Å². The van der Waals surface area contributed by atoms with Crippen molar-refractivity contribution < 1.29 is 9.53 Å². The largest absolute Gasteiger partial charge is 0.444 e. The van der Waals surface area contributed by atoms with Crippen LogP contribution in [0.15, 0.2) is 0 Å². The normalized spacial score (nSPS) is 26.9. The molecule has 1 unspecified atom stereocenters. The molecule has 2 saturated heterocycles. The molecule has 0 bridgehead atoms. The first-order valence-electron chi connectivity index (χ1n) is 6.76. The second-order valence-corrected chi connectivity index (χ2v) is 6.38. The Labute approximate surface area is 110 Å². The lowest BCUT2D eigenvalue weighted by atomic mass is 10.1. The van der Waals surface area contributed by atoms with Crippen LogP contribution in [-0.2, 0) is 4.74 Å². The minimum absolute atomic E-state index is 0.171. The van der Waals surface area contributed by atoms with Gasteiger partial charge in [-0.25, -0.2) is 4.79 Å². The molecule has 2 rings (SSSR count). The Balaban J connectivity index is 1.91. The highest BCUT2D eigenvalue weighted by Crippen LogP contribution is 2.17. The van der Waals surface area contributed by atoms with Gasteiger partial charge >= 0.3 is 6.09 Å². The van der Waals surface area contributed by atoms with Gasteiger partial charge < -0.3 is 14.5 Å². The topological polar surface area (TPSA) is 36.0 Å². The Morgan fingerprint density at radius 2 is 1.78 bits per heavy atom. The predicted octanol–water partition coefficient (Wildman–Crippen LogP) is 0.853. The van der Waals surface area contributed by atoms with Gasteiger partial charge in [0.2, 0.25) is 0 Å². The predicted molar refractivity (Wildman–Crippen MR) is 70.7 cm³/mol. The molecule has 1 atom stereocenters. The summed E-state index contributed by atoms with van der Waals surface area (Å²) in [5.41, 5.74) is -0.405. The average Bonchev–Trinajstić information content (AvgIpc) is 2.25. The summed E-state index contributed by atoms with van der Waals surface area (Å²) in [6.07, 6.45) is -0.171. The van der Waals surface area contributed by atoms with Crippen LogP contribution >= 0.6 is 0 Å². The summed E-state index contributed by atoms with van der Waals surface area (Å²) in [6, 6.07) is 0.463. The van der Waals surface area contributed by atoms with E-state index in [4.69, 9.17) is 4.74 Å². The molecule has 18 heavy (non-hydrogen) atoms. The molecule has 104 valence electrons. The van der Waals surface area contributed by atoms with Crippen molar-refractivity contribution in [3.8, 4) is 0 Å². The lowest BCUT2D eigenvalue weighted by molar-refractivity contribution is -0.0114. The van der Waals surface area contributed by atoms with Gasteiger partial charge in [0.1, 0.15) is 5.60 Å². The Kier molecular flexibility index (Phi) is 3.82. The molecule has 0 aromatic rings. The van der Waals surface area contributed by atoms with E-state index in [1.807, 2.05) is 25.7 Å². The highest BCUT2D eigenvalue weighted by molar-refractivity contribution is 5.68. The van der Waals surface area contributed by atoms with Crippen LogP contribution in [0, 0.1) is 0 Å². The van der Waals surface area contributed by atoms with Gasteiger partial charge in [-0.3, -0.25) is 4.90 Å². The summed E-state index contributed by atoms with van der Waals surface area (Å²) in [6.45, 7) is 11.6. The minimum atomic E-state index is -0.405. The van der Waals surface area contributed by atoms with E-state index in [9.17, 15) is 4.79 Å². The van der Waals surface area contributed by atoms with E-state index in [1.165, 1.54) is 0 Å². The van der Waals surface area contributed by atoms with Crippen molar-refractivity contribution >= 4 is 6.09 Å². The van der Waals surface area contributed by atoms with Crippen LogP contribution < -0.4 is 0 Å². The molecule has 0 aliphatic carbocycles. The summed E-state index contributed by atoms with van der Waals surface area (Å²) in [4.78, 5) is 18.7. The fraction of sp³-hybridized carbons (Fsp3) is 0.923. The van der Waals surface area contributed by atoms with E-state index in [2.05, 4.69) is 16.8 Å². The summed E-state index contributed by atoms with van der Waals surface area (Å²) < 4.78 is 5.44. The Bertz CT molecular complexity index is 314. The average molecular weight is 255 g/mol. The van der Waals surface area contributed by atoms with Crippen molar-refractivity contribution in [2.75, 3.05) is 46.3 Å². The quantitative estimate of drug-likeness (QED) is 0.643.